The molecule has 0 aliphatic rings. The molecule has 0 saturated carbocycles. The summed E-state index contributed by atoms with van der Waals surface area (Å²) in [6.07, 6.45) is 11.2. The highest BCUT2D eigenvalue weighted by Gasteiger charge is 2.24. The minimum Gasteiger partial charge on any atom is -0.726 e. The molecule has 8 nitrogen and oxygen atoms in total. The number of benzene rings is 1. The molecule has 2 aromatic rings. The fraction of sp³-hybridized carbons (Fsp3) is 0.655. The maximum Gasteiger partial charge on any atom is 0.356 e. The Morgan fingerprint density at radius 3 is 1.82 bits per heavy atom. The monoisotopic (exact) mass is 552 g/mol. The number of carbonyl (C=O) groups is 1. The molecule has 1 heterocycles. The Labute approximate surface area is 230 Å². The number of hydrogen-bond donors (Lipinski definition) is 0. The van der Waals surface area contributed by atoms with Gasteiger partial charge in [-0.05, 0) is 37.8 Å². The van der Waals surface area contributed by atoms with E-state index >= 15 is 0 Å². The largest absolute Gasteiger partial charge is 0.726 e. The number of unbranched alkanes of at least 4 members (excludes halogenated alkanes) is 4. The van der Waals surface area contributed by atoms with E-state index < -0.39 is 16.4 Å². The van der Waals surface area contributed by atoms with Crippen molar-refractivity contribution in [2.24, 2.45) is 0 Å². The second-order valence-electron chi connectivity index (χ2n) is 9.76. The molecule has 0 N–H and O–H groups in total. The minimum absolute atomic E-state index is 0.0666. The summed E-state index contributed by atoms with van der Waals surface area (Å²) < 4.78 is 40.9. The van der Waals surface area contributed by atoms with Crippen LogP contribution in [0.5, 0.6) is 0 Å². The summed E-state index contributed by atoms with van der Waals surface area (Å²) >= 11 is 0. The van der Waals surface area contributed by atoms with Crippen molar-refractivity contribution in [3.05, 3.63) is 42.1 Å². The van der Waals surface area contributed by atoms with Gasteiger partial charge in [0.1, 0.15) is 5.69 Å². The first-order valence-corrected chi connectivity index (χ1v) is 15.5. The maximum absolute atomic E-state index is 11.7. The number of fused-ring (bicyclic) bond motifs is 1. The molecule has 216 valence electrons. The zero-order valence-electron chi connectivity index (χ0n) is 23.8. The van der Waals surface area contributed by atoms with Gasteiger partial charge in [-0.15, -0.1) is 0 Å². The molecule has 0 bridgehead atoms. The third-order valence-corrected chi connectivity index (χ3v) is 6.96. The summed E-state index contributed by atoms with van der Waals surface area (Å²) in [7, 11) is -4.70. The fourth-order valence-corrected chi connectivity index (χ4v) is 4.61. The molecule has 9 heteroatoms. The number of quaternary nitrogens is 1. The van der Waals surface area contributed by atoms with Crippen molar-refractivity contribution >= 4 is 27.3 Å². The topological polar surface area (TPSA) is 106 Å². The highest BCUT2D eigenvalue weighted by Crippen LogP contribution is 2.16. The lowest BCUT2D eigenvalue weighted by molar-refractivity contribution is -0.929. The van der Waals surface area contributed by atoms with E-state index in [0.717, 1.165) is 5.39 Å². The predicted molar refractivity (Wildman–Crippen MR) is 152 cm³/mol. The molecule has 2 rings (SSSR count). The van der Waals surface area contributed by atoms with Crippen LogP contribution >= 0.6 is 0 Å². The number of aromatic nitrogens is 1. The lowest BCUT2D eigenvalue weighted by Crippen LogP contribution is -2.50. The lowest BCUT2D eigenvalue weighted by atomic mass is 10.1. The molecule has 0 unspecified atom stereocenters. The first kappa shape index (κ1) is 34.0. The quantitative estimate of drug-likeness (QED) is 0.0706. The van der Waals surface area contributed by atoms with Gasteiger partial charge in [-0.25, -0.2) is 18.2 Å². The molecular weight excluding hydrogens is 504 g/mol. The van der Waals surface area contributed by atoms with Gasteiger partial charge in [0, 0.05) is 11.8 Å². The summed E-state index contributed by atoms with van der Waals surface area (Å²) in [6.45, 7) is 14.6. The van der Waals surface area contributed by atoms with E-state index in [9.17, 15) is 17.8 Å². The normalized spacial score (nSPS) is 11.7. The first-order chi connectivity index (χ1) is 18.2. The molecule has 0 fully saturated rings. The number of ether oxygens (including phenoxy) is 1. The van der Waals surface area contributed by atoms with E-state index in [4.69, 9.17) is 4.74 Å². The van der Waals surface area contributed by atoms with Crippen LogP contribution in [0, 0.1) is 0 Å². The van der Waals surface area contributed by atoms with Gasteiger partial charge >= 0.3 is 5.97 Å². The van der Waals surface area contributed by atoms with E-state index in [1.54, 1.807) is 18.2 Å². The smallest absolute Gasteiger partial charge is 0.356 e. The number of carbonyl (C=O) groups excluding carboxylic acids is 1. The van der Waals surface area contributed by atoms with Crippen molar-refractivity contribution < 1.29 is 31.2 Å². The zero-order valence-corrected chi connectivity index (χ0v) is 24.6. The molecule has 1 aromatic heterocycles. The van der Waals surface area contributed by atoms with Crippen LogP contribution in [0.3, 0.4) is 0 Å². The van der Waals surface area contributed by atoms with E-state index in [2.05, 4.69) is 36.9 Å². The molecule has 1 aromatic carbocycles. The predicted octanol–water partition coefficient (Wildman–Crippen LogP) is 6.26. The third kappa shape index (κ3) is 14.2. The fourth-order valence-electron chi connectivity index (χ4n) is 4.28. The van der Waals surface area contributed by atoms with Crippen LogP contribution in [0.15, 0.2) is 36.4 Å². The second-order valence-corrected chi connectivity index (χ2v) is 10.8. The van der Waals surface area contributed by atoms with Crippen molar-refractivity contribution in [3.63, 3.8) is 0 Å². The Balaban J connectivity index is 0.000000391. The number of hydrogen-bond acceptors (Lipinski definition) is 7. The van der Waals surface area contributed by atoms with E-state index in [1.165, 1.54) is 82.0 Å². The van der Waals surface area contributed by atoms with Gasteiger partial charge in [-0.2, -0.15) is 0 Å². The van der Waals surface area contributed by atoms with Crippen LogP contribution in [-0.4, -0.2) is 67.8 Å². The van der Waals surface area contributed by atoms with Gasteiger partial charge in [0.2, 0.25) is 10.4 Å². The first-order valence-electron chi connectivity index (χ1n) is 14.2. The van der Waals surface area contributed by atoms with Crippen molar-refractivity contribution in [1.82, 2.24) is 4.98 Å². The molecule has 0 aliphatic carbocycles. The standard InChI is InChI=1S/C16H36N.C13H13NO6S/c1-5-9-13-17(14-10-6-2,15-11-7-3)16-12-8-4;15-13(19-8-3-9-20-21(16,17)18)12-7-6-10-4-1-2-5-11(10)14-12/h5-16H2,1-4H3;1-2,4-7H,3,8-9H2,(H,16,17,18)/q+1;/p-1. The van der Waals surface area contributed by atoms with E-state index in [0.29, 0.717) is 5.52 Å². The average Bonchev–Trinajstić information content (AvgIpc) is 2.91. The summed E-state index contributed by atoms with van der Waals surface area (Å²) in [6, 6.07) is 10.6. The Morgan fingerprint density at radius 1 is 0.789 bits per heavy atom. The maximum atomic E-state index is 11.7. The van der Waals surface area contributed by atoms with Crippen LogP contribution in [0.25, 0.3) is 10.9 Å². The molecule has 0 aliphatic heterocycles. The Hall–Kier alpha value is -2.07. The molecule has 0 spiro atoms. The van der Waals surface area contributed by atoms with Gasteiger partial charge in [0.05, 0.1) is 44.9 Å². The van der Waals surface area contributed by atoms with Crippen LogP contribution in [0.2, 0.25) is 0 Å². The molecule has 0 atom stereocenters. The summed E-state index contributed by atoms with van der Waals surface area (Å²) in [5.74, 6) is -0.620. The van der Waals surface area contributed by atoms with E-state index in [1.807, 2.05) is 18.2 Å². The lowest BCUT2D eigenvalue weighted by Gasteiger charge is -2.39. The van der Waals surface area contributed by atoms with Crippen molar-refractivity contribution in [2.75, 3.05) is 39.4 Å². The molecule has 38 heavy (non-hydrogen) atoms. The number of rotatable bonds is 18. The molecule has 0 saturated heterocycles. The molecular formula is C29H48N2O6S. The van der Waals surface area contributed by atoms with Gasteiger partial charge in [-0.1, -0.05) is 77.6 Å². The molecule has 0 radical (unpaired) electrons. The second kappa shape index (κ2) is 19.1. The van der Waals surface area contributed by atoms with Crippen molar-refractivity contribution in [1.29, 1.82) is 0 Å². The van der Waals surface area contributed by atoms with Crippen molar-refractivity contribution in [2.45, 2.75) is 85.5 Å². The minimum atomic E-state index is -4.70. The summed E-state index contributed by atoms with van der Waals surface area (Å²) in [5, 5.41) is 0.906. The number of para-hydroxylation sites is 1. The number of nitrogens with zero attached hydrogens (tertiary/aromatic N) is 2. The summed E-state index contributed by atoms with van der Waals surface area (Å²) in [4.78, 5) is 15.9. The van der Waals surface area contributed by atoms with Gasteiger partial charge in [-0.3, -0.25) is 4.18 Å². The zero-order chi connectivity index (χ0) is 28.3. The Morgan fingerprint density at radius 2 is 1.32 bits per heavy atom. The number of esters is 1. The van der Waals surface area contributed by atoms with Crippen molar-refractivity contribution in [3.8, 4) is 0 Å². The molecule has 0 amide bonds. The van der Waals surface area contributed by atoms with Crippen LogP contribution in [0.4, 0.5) is 0 Å². The summed E-state index contributed by atoms with van der Waals surface area (Å²) in [5.41, 5.74) is 0.832. The average molecular weight is 553 g/mol. The van der Waals surface area contributed by atoms with E-state index in [-0.39, 0.29) is 25.3 Å². The Bertz CT molecular complexity index is 991. The van der Waals surface area contributed by atoms with Gasteiger partial charge < -0.3 is 13.8 Å². The van der Waals surface area contributed by atoms with Crippen LogP contribution in [0.1, 0.15) is 96.0 Å². The Kier molecular flexibility index (Phi) is 17.0. The van der Waals surface area contributed by atoms with Gasteiger partial charge in [0.15, 0.2) is 0 Å². The SMILES string of the molecule is CCCC[N+](CCCC)(CCCC)CCCC.O=C(OCCCOS(=O)(=O)[O-])c1ccc2ccccc2n1. The highest BCUT2D eigenvalue weighted by molar-refractivity contribution is 7.80. The highest BCUT2D eigenvalue weighted by atomic mass is 32.3. The number of pyridine rings is 1. The van der Waals surface area contributed by atoms with Crippen LogP contribution in [-0.2, 0) is 19.3 Å². The van der Waals surface area contributed by atoms with Crippen LogP contribution < -0.4 is 0 Å². The van der Waals surface area contributed by atoms with Gasteiger partial charge in [0.25, 0.3) is 0 Å². The third-order valence-electron chi connectivity index (χ3n) is 6.50.